The highest BCUT2D eigenvalue weighted by Gasteiger charge is 2.10. The molecular formula is C14H10ClFO2. The molecule has 4 heteroatoms. The summed E-state index contributed by atoms with van der Waals surface area (Å²) in [5.41, 5.74) is 0.848. The Bertz CT molecular complexity index is 596. The van der Waals surface area contributed by atoms with Gasteiger partial charge in [-0.2, -0.15) is 0 Å². The van der Waals surface area contributed by atoms with Crippen molar-refractivity contribution in [2.24, 2.45) is 0 Å². The number of aryl methyl sites for hydroxylation is 1. The van der Waals surface area contributed by atoms with Gasteiger partial charge in [-0.25, -0.2) is 4.39 Å². The molecule has 0 aliphatic carbocycles. The van der Waals surface area contributed by atoms with Gasteiger partial charge in [-0.3, -0.25) is 4.79 Å². The fourth-order valence-corrected chi connectivity index (χ4v) is 1.70. The van der Waals surface area contributed by atoms with E-state index in [-0.39, 0.29) is 11.6 Å². The van der Waals surface area contributed by atoms with E-state index in [4.69, 9.17) is 16.3 Å². The van der Waals surface area contributed by atoms with Crippen LogP contribution in [0.3, 0.4) is 0 Å². The smallest absolute Gasteiger partial charge is 0.156 e. The Morgan fingerprint density at radius 2 is 2.06 bits per heavy atom. The number of hydrogen-bond acceptors (Lipinski definition) is 2. The van der Waals surface area contributed by atoms with Crippen molar-refractivity contribution < 1.29 is 13.9 Å². The average Bonchev–Trinajstić information content (AvgIpc) is 2.36. The van der Waals surface area contributed by atoms with Crippen LogP contribution in [0, 0.1) is 12.7 Å². The van der Waals surface area contributed by atoms with Crippen molar-refractivity contribution in [2.45, 2.75) is 6.92 Å². The fourth-order valence-electron chi connectivity index (χ4n) is 1.48. The first-order valence-corrected chi connectivity index (χ1v) is 5.67. The van der Waals surface area contributed by atoms with E-state index in [0.29, 0.717) is 28.2 Å². The summed E-state index contributed by atoms with van der Waals surface area (Å²) >= 11 is 5.95. The summed E-state index contributed by atoms with van der Waals surface area (Å²) in [6.45, 7) is 1.66. The molecule has 0 fully saturated rings. The third kappa shape index (κ3) is 2.51. The Labute approximate surface area is 109 Å². The van der Waals surface area contributed by atoms with Crippen LogP contribution in [-0.4, -0.2) is 6.29 Å². The van der Waals surface area contributed by atoms with Crippen molar-refractivity contribution in [3.05, 3.63) is 58.4 Å². The van der Waals surface area contributed by atoms with Gasteiger partial charge in [0.15, 0.2) is 12.0 Å². The zero-order valence-electron chi connectivity index (χ0n) is 9.61. The van der Waals surface area contributed by atoms with Crippen molar-refractivity contribution in [3.8, 4) is 11.5 Å². The minimum atomic E-state index is -0.368. The lowest BCUT2D eigenvalue weighted by molar-refractivity contribution is 0.112. The topological polar surface area (TPSA) is 26.3 Å². The minimum absolute atomic E-state index is 0.234. The highest BCUT2D eigenvalue weighted by atomic mass is 35.5. The van der Waals surface area contributed by atoms with Crippen LogP contribution in [0.25, 0.3) is 0 Å². The van der Waals surface area contributed by atoms with E-state index >= 15 is 0 Å². The van der Waals surface area contributed by atoms with Crippen LogP contribution in [0.15, 0.2) is 36.4 Å². The van der Waals surface area contributed by atoms with E-state index in [1.807, 2.05) is 0 Å². The maximum Gasteiger partial charge on any atom is 0.156 e. The van der Waals surface area contributed by atoms with Crippen LogP contribution >= 0.6 is 11.6 Å². The van der Waals surface area contributed by atoms with Gasteiger partial charge >= 0.3 is 0 Å². The highest BCUT2D eigenvalue weighted by Crippen LogP contribution is 2.32. The summed E-state index contributed by atoms with van der Waals surface area (Å²) < 4.78 is 18.8. The molecule has 2 aromatic carbocycles. The van der Waals surface area contributed by atoms with Gasteiger partial charge in [0.1, 0.15) is 11.6 Å². The highest BCUT2D eigenvalue weighted by molar-refractivity contribution is 6.32. The van der Waals surface area contributed by atoms with Crippen LogP contribution in [0.1, 0.15) is 15.9 Å². The second-order valence-corrected chi connectivity index (χ2v) is 4.20. The Kier molecular flexibility index (Phi) is 3.63. The normalized spacial score (nSPS) is 10.2. The molecular weight excluding hydrogens is 255 g/mol. The number of halogens is 2. The Morgan fingerprint density at radius 1 is 1.28 bits per heavy atom. The van der Waals surface area contributed by atoms with Crippen LogP contribution in [0.2, 0.25) is 5.02 Å². The number of hydrogen-bond donors (Lipinski definition) is 0. The monoisotopic (exact) mass is 264 g/mol. The fraction of sp³-hybridized carbons (Fsp3) is 0.0714. The van der Waals surface area contributed by atoms with E-state index in [0.717, 1.165) is 0 Å². The molecule has 0 aromatic heterocycles. The maximum atomic E-state index is 13.4. The van der Waals surface area contributed by atoms with Gasteiger partial charge in [0.2, 0.25) is 0 Å². The Hall–Kier alpha value is -1.87. The lowest BCUT2D eigenvalue weighted by Crippen LogP contribution is -1.92. The zero-order valence-corrected chi connectivity index (χ0v) is 10.4. The van der Waals surface area contributed by atoms with E-state index in [9.17, 15) is 9.18 Å². The number of para-hydroxylation sites is 1. The van der Waals surface area contributed by atoms with Gasteiger partial charge in [0, 0.05) is 6.07 Å². The molecule has 0 amide bonds. The van der Waals surface area contributed by atoms with E-state index in [2.05, 4.69) is 0 Å². The lowest BCUT2D eigenvalue weighted by atomic mass is 10.2. The Balaban J connectivity index is 2.39. The third-order valence-electron chi connectivity index (χ3n) is 2.49. The molecule has 0 unspecified atom stereocenters. The molecule has 0 aliphatic heterocycles. The second kappa shape index (κ2) is 5.19. The zero-order chi connectivity index (χ0) is 13.1. The number of carbonyl (C=O) groups excluding carboxylic acids is 1. The standard InChI is InChI=1S/C14H10ClFO2/c1-9-5-6-11(7-13(9)16)18-14-10(8-17)3-2-4-12(14)15/h2-8H,1H3. The van der Waals surface area contributed by atoms with Crippen LogP contribution in [0.4, 0.5) is 4.39 Å². The van der Waals surface area contributed by atoms with Gasteiger partial charge in [-0.1, -0.05) is 23.7 Å². The molecule has 0 saturated heterocycles. The number of rotatable bonds is 3. The van der Waals surface area contributed by atoms with Crippen LogP contribution in [-0.2, 0) is 0 Å². The van der Waals surface area contributed by atoms with E-state index in [1.165, 1.54) is 6.07 Å². The van der Waals surface area contributed by atoms with Gasteiger partial charge in [-0.05, 0) is 30.7 Å². The van der Waals surface area contributed by atoms with Crippen molar-refractivity contribution in [1.82, 2.24) is 0 Å². The van der Waals surface area contributed by atoms with Crippen molar-refractivity contribution in [3.63, 3.8) is 0 Å². The molecule has 0 N–H and O–H groups in total. The quantitative estimate of drug-likeness (QED) is 0.769. The first-order chi connectivity index (χ1) is 8.61. The molecule has 2 aromatic rings. The summed E-state index contributed by atoms with van der Waals surface area (Å²) in [6, 6.07) is 9.31. The molecule has 0 saturated carbocycles. The molecule has 0 radical (unpaired) electrons. The van der Waals surface area contributed by atoms with Gasteiger partial charge in [0.25, 0.3) is 0 Å². The lowest BCUT2D eigenvalue weighted by Gasteiger charge is -2.10. The van der Waals surface area contributed by atoms with E-state index in [1.54, 1.807) is 37.3 Å². The molecule has 0 heterocycles. The second-order valence-electron chi connectivity index (χ2n) is 3.79. The summed E-state index contributed by atoms with van der Waals surface area (Å²) in [5, 5.41) is 0.306. The van der Waals surface area contributed by atoms with Crippen molar-refractivity contribution in [1.29, 1.82) is 0 Å². The molecule has 0 atom stereocenters. The first kappa shape index (κ1) is 12.6. The van der Waals surface area contributed by atoms with Crippen molar-refractivity contribution in [2.75, 3.05) is 0 Å². The SMILES string of the molecule is Cc1ccc(Oc2c(Cl)cccc2C=O)cc1F. The van der Waals surface area contributed by atoms with Crippen LogP contribution in [0.5, 0.6) is 11.5 Å². The minimum Gasteiger partial charge on any atom is -0.455 e. The predicted molar refractivity (Wildman–Crippen MR) is 68.1 cm³/mol. The Morgan fingerprint density at radius 3 is 2.72 bits per heavy atom. The molecule has 0 bridgehead atoms. The molecule has 2 rings (SSSR count). The number of ether oxygens (including phenoxy) is 1. The first-order valence-electron chi connectivity index (χ1n) is 5.29. The molecule has 18 heavy (non-hydrogen) atoms. The van der Waals surface area contributed by atoms with Crippen molar-refractivity contribution >= 4 is 17.9 Å². The van der Waals surface area contributed by atoms with Gasteiger partial charge in [-0.15, -0.1) is 0 Å². The van der Waals surface area contributed by atoms with E-state index < -0.39 is 0 Å². The summed E-state index contributed by atoms with van der Waals surface area (Å²) in [4.78, 5) is 10.9. The molecule has 2 nitrogen and oxygen atoms in total. The average molecular weight is 265 g/mol. The number of aldehydes is 1. The van der Waals surface area contributed by atoms with Crippen LogP contribution < -0.4 is 4.74 Å². The maximum absolute atomic E-state index is 13.4. The largest absolute Gasteiger partial charge is 0.455 e. The number of benzene rings is 2. The predicted octanol–water partition coefficient (Wildman–Crippen LogP) is 4.39. The summed E-state index contributed by atoms with van der Waals surface area (Å²) in [5.74, 6) is 0.166. The van der Waals surface area contributed by atoms with Gasteiger partial charge < -0.3 is 4.74 Å². The van der Waals surface area contributed by atoms with Gasteiger partial charge in [0.05, 0.1) is 10.6 Å². The summed E-state index contributed by atoms with van der Waals surface area (Å²) in [6.07, 6.45) is 0.645. The summed E-state index contributed by atoms with van der Waals surface area (Å²) in [7, 11) is 0. The molecule has 0 spiro atoms. The molecule has 92 valence electrons. The molecule has 0 aliphatic rings. The third-order valence-corrected chi connectivity index (χ3v) is 2.79. The number of carbonyl (C=O) groups is 1.